The SMILES string of the molecule is Cc1cc(C2(c3cccc(F)c3-c3cncnc3)N=C(N)N(C)C2=O)ccc1OC(C)F. The van der Waals surface area contributed by atoms with Crippen molar-refractivity contribution in [2.24, 2.45) is 10.7 Å². The largest absolute Gasteiger partial charge is 0.460 e. The Kier molecular flexibility index (Phi) is 5.33. The molecule has 0 saturated heterocycles. The van der Waals surface area contributed by atoms with Gasteiger partial charge in [0, 0.05) is 43.1 Å². The van der Waals surface area contributed by atoms with Gasteiger partial charge in [0.15, 0.2) is 11.5 Å². The summed E-state index contributed by atoms with van der Waals surface area (Å²) in [4.78, 5) is 27.3. The summed E-state index contributed by atoms with van der Waals surface area (Å²) in [6.07, 6.45) is 2.75. The van der Waals surface area contributed by atoms with E-state index in [1.54, 1.807) is 31.2 Å². The Morgan fingerprint density at radius 1 is 1.19 bits per heavy atom. The second-order valence-corrected chi connectivity index (χ2v) is 7.48. The van der Waals surface area contributed by atoms with Crippen LogP contribution in [-0.4, -0.2) is 40.1 Å². The van der Waals surface area contributed by atoms with E-state index in [1.807, 2.05) is 0 Å². The van der Waals surface area contributed by atoms with Gasteiger partial charge in [0.1, 0.15) is 17.9 Å². The number of nitrogens with zero attached hydrogens (tertiary/aromatic N) is 4. The first kappa shape index (κ1) is 21.4. The van der Waals surface area contributed by atoms with Crippen LogP contribution in [0.1, 0.15) is 23.6 Å². The number of guanidine groups is 1. The molecule has 0 radical (unpaired) electrons. The number of hydrogen-bond acceptors (Lipinski definition) is 6. The number of nitrogens with two attached hydrogens (primary N) is 1. The van der Waals surface area contributed by atoms with Crippen molar-refractivity contribution < 1.29 is 18.3 Å². The van der Waals surface area contributed by atoms with Crippen molar-refractivity contribution in [1.82, 2.24) is 14.9 Å². The summed E-state index contributed by atoms with van der Waals surface area (Å²) in [5, 5.41) is 0. The van der Waals surface area contributed by atoms with Crippen molar-refractivity contribution >= 4 is 11.9 Å². The Morgan fingerprint density at radius 2 is 1.91 bits per heavy atom. The number of alkyl halides is 1. The van der Waals surface area contributed by atoms with E-state index in [4.69, 9.17) is 10.5 Å². The Bertz CT molecular complexity index is 1220. The topological polar surface area (TPSA) is 93.7 Å². The molecular weight excluding hydrogens is 416 g/mol. The monoisotopic (exact) mass is 437 g/mol. The fraction of sp³-hybridized carbons (Fsp3) is 0.217. The first-order chi connectivity index (χ1) is 15.3. The van der Waals surface area contributed by atoms with Crippen molar-refractivity contribution in [1.29, 1.82) is 0 Å². The third kappa shape index (κ3) is 3.35. The molecule has 1 aliphatic rings. The number of hydrogen-bond donors (Lipinski definition) is 1. The maximum Gasteiger partial charge on any atom is 0.266 e. The molecule has 0 fully saturated rings. The number of halogens is 2. The average molecular weight is 437 g/mol. The van der Waals surface area contributed by atoms with Gasteiger partial charge in [-0.15, -0.1) is 0 Å². The number of carbonyl (C=O) groups is 1. The lowest BCUT2D eigenvalue weighted by Crippen LogP contribution is -2.41. The first-order valence-electron chi connectivity index (χ1n) is 9.85. The fourth-order valence-electron chi connectivity index (χ4n) is 3.89. The zero-order chi connectivity index (χ0) is 23.0. The number of aryl methyl sites for hydroxylation is 1. The van der Waals surface area contributed by atoms with E-state index >= 15 is 4.39 Å². The zero-order valence-corrected chi connectivity index (χ0v) is 17.7. The molecule has 1 aromatic heterocycles. The molecule has 7 nitrogen and oxygen atoms in total. The van der Waals surface area contributed by atoms with E-state index in [0.717, 1.165) is 0 Å². The summed E-state index contributed by atoms with van der Waals surface area (Å²) in [7, 11) is 1.50. The van der Waals surface area contributed by atoms with Crippen LogP contribution < -0.4 is 10.5 Å². The highest BCUT2D eigenvalue weighted by molar-refractivity contribution is 6.09. The summed E-state index contributed by atoms with van der Waals surface area (Å²) in [5.41, 5.74) is 6.23. The van der Waals surface area contributed by atoms with Gasteiger partial charge in [0.25, 0.3) is 5.91 Å². The fourth-order valence-corrected chi connectivity index (χ4v) is 3.89. The first-order valence-corrected chi connectivity index (χ1v) is 9.85. The highest BCUT2D eigenvalue weighted by Gasteiger charge is 2.51. The lowest BCUT2D eigenvalue weighted by Gasteiger charge is -2.29. The lowest BCUT2D eigenvalue weighted by molar-refractivity contribution is -0.129. The molecule has 9 heteroatoms. The van der Waals surface area contributed by atoms with Crippen LogP contribution >= 0.6 is 0 Å². The zero-order valence-electron chi connectivity index (χ0n) is 17.7. The van der Waals surface area contributed by atoms with Crippen molar-refractivity contribution in [2.45, 2.75) is 25.7 Å². The Labute approximate surface area is 183 Å². The summed E-state index contributed by atoms with van der Waals surface area (Å²) in [5.74, 6) is -0.697. The van der Waals surface area contributed by atoms with Crippen LogP contribution in [0.4, 0.5) is 8.78 Å². The lowest BCUT2D eigenvalue weighted by atomic mass is 9.78. The van der Waals surface area contributed by atoms with Crippen LogP contribution in [0.3, 0.4) is 0 Å². The summed E-state index contributed by atoms with van der Waals surface area (Å²) in [6, 6.07) is 9.26. The minimum atomic E-state index is -1.66. The number of ether oxygens (including phenoxy) is 1. The van der Waals surface area contributed by atoms with Crippen LogP contribution in [0.25, 0.3) is 11.1 Å². The Morgan fingerprint density at radius 3 is 2.50 bits per heavy atom. The van der Waals surface area contributed by atoms with Crippen LogP contribution in [0.2, 0.25) is 0 Å². The smallest absolute Gasteiger partial charge is 0.266 e. The van der Waals surface area contributed by atoms with E-state index in [-0.39, 0.29) is 17.1 Å². The van der Waals surface area contributed by atoms with Gasteiger partial charge in [0.05, 0.1) is 0 Å². The molecule has 0 aliphatic carbocycles. The molecule has 0 saturated carbocycles. The molecular formula is C23H21F2N5O2. The van der Waals surface area contributed by atoms with E-state index in [0.29, 0.717) is 22.4 Å². The van der Waals surface area contributed by atoms with Gasteiger partial charge in [0.2, 0.25) is 6.36 Å². The number of carbonyl (C=O) groups excluding carboxylic acids is 1. The number of rotatable bonds is 5. The molecule has 2 aromatic carbocycles. The van der Waals surface area contributed by atoms with E-state index in [2.05, 4.69) is 15.0 Å². The van der Waals surface area contributed by atoms with Gasteiger partial charge in [-0.05, 0) is 36.2 Å². The van der Waals surface area contributed by atoms with Gasteiger partial charge in [-0.1, -0.05) is 18.2 Å². The van der Waals surface area contributed by atoms with E-state index in [1.165, 1.54) is 49.7 Å². The van der Waals surface area contributed by atoms with Gasteiger partial charge in [-0.25, -0.2) is 23.7 Å². The van der Waals surface area contributed by atoms with Crippen LogP contribution in [0, 0.1) is 12.7 Å². The highest BCUT2D eigenvalue weighted by atomic mass is 19.1. The molecule has 2 atom stereocenters. The number of amides is 1. The maximum absolute atomic E-state index is 15.2. The molecule has 0 bridgehead atoms. The molecule has 1 aliphatic heterocycles. The summed E-state index contributed by atoms with van der Waals surface area (Å²) in [6.45, 7) is 3.00. The van der Waals surface area contributed by atoms with E-state index in [9.17, 15) is 9.18 Å². The number of likely N-dealkylation sites (N-methyl/N-ethyl adjacent to an activating group) is 1. The Hall–Kier alpha value is -3.88. The van der Waals surface area contributed by atoms with Gasteiger partial charge < -0.3 is 10.5 Å². The highest BCUT2D eigenvalue weighted by Crippen LogP contribution is 2.45. The quantitative estimate of drug-likeness (QED) is 0.661. The summed E-state index contributed by atoms with van der Waals surface area (Å²) < 4.78 is 33.7. The van der Waals surface area contributed by atoms with Crippen molar-refractivity contribution in [3.8, 4) is 16.9 Å². The minimum absolute atomic E-state index is 0.00937. The van der Waals surface area contributed by atoms with E-state index < -0.39 is 23.6 Å². The molecule has 32 heavy (non-hydrogen) atoms. The third-order valence-corrected chi connectivity index (χ3v) is 5.37. The van der Waals surface area contributed by atoms with Gasteiger partial charge >= 0.3 is 0 Å². The number of aliphatic imine (C=N–C) groups is 1. The van der Waals surface area contributed by atoms with Crippen LogP contribution in [0.5, 0.6) is 5.75 Å². The predicted octanol–water partition coefficient (Wildman–Crippen LogP) is 3.32. The van der Waals surface area contributed by atoms with Crippen molar-refractivity contribution in [3.63, 3.8) is 0 Å². The average Bonchev–Trinajstić information content (AvgIpc) is 3.00. The maximum atomic E-state index is 15.2. The molecule has 0 spiro atoms. The number of aromatic nitrogens is 2. The van der Waals surface area contributed by atoms with Crippen molar-refractivity contribution in [2.75, 3.05) is 7.05 Å². The summed E-state index contributed by atoms with van der Waals surface area (Å²) >= 11 is 0. The van der Waals surface area contributed by atoms with Crippen LogP contribution in [0.15, 0.2) is 60.1 Å². The number of benzene rings is 2. The predicted molar refractivity (Wildman–Crippen MR) is 115 cm³/mol. The van der Waals surface area contributed by atoms with Crippen molar-refractivity contribution in [3.05, 3.63) is 77.6 Å². The third-order valence-electron chi connectivity index (χ3n) is 5.37. The Balaban J connectivity index is 2.01. The molecule has 3 aromatic rings. The second-order valence-electron chi connectivity index (χ2n) is 7.48. The van der Waals surface area contributed by atoms with Gasteiger partial charge in [-0.2, -0.15) is 0 Å². The molecule has 164 valence electrons. The molecule has 2 unspecified atom stereocenters. The van der Waals surface area contributed by atoms with Crippen LogP contribution in [-0.2, 0) is 10.3 Å². The minimum Gasteiger partial charge on any atom is -0.460 e. The standard InChI is InChI=1S/C23H21F2N5O2/c1-13-9-16(7-8-19(13)32-14(2)24)23(21(31)30(3)22(26)29-23)17-5-4-6-18(25)20(17)15-10-27-12-28-11-15/h4-12,14H,1-3H3,(H2,26,29). The molecule has 4 rings (SSSR count). The normalized spacial score (nSPS) is 19.1. The second kappa shape index (κ2) is 7.99. The molecule has 2 heterocycles. The molecule has 2 N–H and O–H groups in total. The molecule has 1 amide bonds. The van der Waals surface area contributed by atoms with Gasteiger partial charge in [-0.3, -0.25) is 9.69 Å².